The summed E-state index contributed by atoms with van der Waals surface area (Å²) < 4.78 is 7.33. The summed E-state index contributed by atoms with van der Waals surface area (Å²) in [6, 6.07) is 9.10. The van der Waals surface area contributed by atoms with Gasteiger partial charge < -0.3 is 10.1 Å². The van der Waals surface area contributed by atoms with E-state index in [9.17, 15) is 4.79 Å². The fourth-order valence-electron chi connectivity index (χ4n) is 2.62. The Kier molecular flexibility index (Phi) is 4.44. The molecule has 2 heterocycles. The van der Waals surface area contributed by atoms with E-state index in [2.05, 4.69) is 10.3 Å². The number of fused-ring (bicyclic) bond motifs is 1. The molecule has 124 valence electrons. The van der Waals surface area contributed by atoms with Crippen molar-refractivity contribution in [2.45, 2.75) is 20.8 Å². The molecular weight excluding hydrogens is 326 g/mol. The average Bonchev–Trinajstić information content (AvgIpc) is 2.89. The number of imidazole rings is 1. The summed E-state index contributed by atoms with van der Waals surface area (Å²) in [6.07, 6.45) is 1.80. The number of amides is 1. The van der Waals surface area contributed by atoms with E-state index < -0.39 is 0 Å². The number of nitrogens with one attached hydrogen (secondary N) is 1. The lowest BCUT2D eigenvalue weighted by Crippen LogP contribution is -2.16. The lowest BCUT2D eigenvalue weighted by molar-refractivity contribution is 0.102. The van der Waals surface area contributed by atoms with Gasteiger partial charge in [-0.2, -0.15) is 0 Å². The van der Waals surface area contributed by atoms with Crippen molar-refractivity contribution < 1.29 is 9.53 Å². The van der Waals surface area contributed by atoms with E-state index in [1.165, 1.54) is 0 Å². The molecule has 0 saturated carbocycles. The molecule has 5 nitrogen and oxygen atoms in total. The Labute approximate surface area is 145 Å². The van der Waals surface area contributed by atoms with Gasteiger partial charge in [-0.1, -0.05) is 17.7 Å². The maximum Gasteiger partial charge on any atom is 0.274 e. The topological polar surface area (TPSA) is 55.6 Å². The lowest BCUT2D eigenvalue weighted by atomic mass is 10.2. The standard InChI is InChI=1S/C18H18ClN3O2/c1-4-24-15-9-6-10-22-16(12(3)20-17(15)22)18(23)21-14-8-5-7-13(19)11(14)2/h5-10H,4H2,1-3H3,(H,21,23). The summed E-state index contributed by atoms with van der Waals surface area (Å²) in [4.78, 5) is 17.3. The first-order valence-corrected chi connectivity index (χ1v) is 8.07. The number of nitrogens with zero attached hydrogens (tertiary/aromatic N) is 2. The third kappa shape index (κ3) is 2.83. The Balaban J connectivity index is 2.03. The second-order valence-electron chi connectivity index (χ2n) is 5.41. The molecular formula is C18H18ClN3O2. The SMILES string of the molecule is CCOc1cccn2c(C(=O)Nc3cccc(Cl)c3C)c(C)nc12. The maximum atomic E-state index is 12.8. The van der Waals surface area contributed by atoms with Crippen LogP contribution in [0.1, 0.15) is 28.7 Å². The van der Waals surface area contributed by atoms with Crippen LogP contribution in [0.5, 0.6) is 5.75 Å². The third-order valence-electron chi connectivity index (χ3n) is 3.82. The summed E-state index contributed by atoms with van der Waals surface area (Å²) in [5.74, 6) is 0.417. The highest BCUT2D eigenvalue weighted by Gasteiger charge is 2.19. The zero-order valence-corrected chi connectivity index (χ0v) is 14.5. The number of hydrogen-bond donors (Lipinski definition) is 1. The van der Waals surface area contributed by atoms with E-state index in [0.29, 0.717) is 40.1 Å². The zero-order chi connectivity index (χ0) is 17.3. The highest BCUT2D eigenvalue weighted by molar-refractivity contribution is 6.31. The number of aromatic nitrogens is 2. The van der Waals surface area contributed by atoms with Crippen LogP contribution in [0.15, 0.2) is 36.5 Å². The summed E-state index contributed by atoms with van der Waals surface area (Å²) in [5, 5.41) is 3.53. The van der Waals surface area contributed by atoms with Crippen molar-refractivity contribution in [3.05, 3.63) is 58.5 Å². The molecule has 0 aliphatic carbocycles. The summed E-state index contributed by atoms with van der Waals surface area (Å²) in [5.41, 5.74) is 3.26. The van der Waals surface area contributed by atoms with Gasteiger partial charge in [-0.15, -0.1) is 0 Å². The minimum Gasteiger partial charge on any atom is -0.490 e. The van der Waals surface area contributed by atoms with Crippen molar-refractivity contribution >= 4 is 28.8 Å². The number of carbonyl (C=O) groups excluding carboxylic acids is 1. The van der Waals surface area contributed by atoms with Crippen LogP contribution in [0.25, 0.3) is 5.65 Å². The molecule has 0 saturated heterocycles. The number of hydrogen-bond acceptors (Lipinski definition) is 3. The van der Waals surface area contributed by atoms with Gasteiger partial charge in [0.05, 0.1) is 12.3 Å². The van der Waals surface area contributed by atoms with E-state index in [1.54, 1.807) is 22.7 Å². The zero-order valence-electron chi connectivity index (χ0n) is 13.8. The monoisotopic (exact) mass is 343 g/mol. The highest BCUT2D eigenvalue weighted by Crippen LogP contribution is 2.25. The van der Waals surface area contributed by atoms with Crippen LogP contribution in [-0.2, 0) is 0 Å². The quantitative estimate of drug-likeness (QED) is 0.770. The van der Waals surface area contributed by atoms with Gasteiger partial charge in [-0.25, -0.2) is 4.98 Å². The molecule has 24 heavy (non-hydrogen) atoms. The Morgan fingerprint density at radius 3 is 2.83 bits per heavy atom. The molecule has 0 atom stereocenters. The van der Waals surface area contributed by atoms with Gasteiger partial charge in [0.25, 0.3) is 5.91 Å². The van der Waals surface area contributed by atoms with Gasteiger partial charge in [-0.3, -0.25) is 9.20 Å². The predicted octanol–water partition coefficient (Wildman–Crippen LogP) is 4.26. The van der Waals surface area contributed by atoms with E-state index in [0.717, 1.165) is 5.56 Å². The van der Waals surface area contributed by atoms with E-state index in [1.807, 2.05) is 39.0 Å². The molecule has 0 fully saturated rings. The van der Waals surface area contributed by atoms with Gasteiger partial charge in [0.2, 0.25) is 0 Å². The fraction of sp³-hybridized carbons (Fsp3) is 0.222. The lowest BCUT2D eigenvalue weighted by Gasteiger charge is -2.10. The van der Waals surface area contributed by atoms with Gasteiger partial charge in [-0.05, 0) is 50.6 Å². The summed E-state index contributed by atoms with van der Waals surface area (Å²) >= 11 is 6.12. The third-order valence-corrected chi connectivity index (χ3v) is 4.23. The second kappa shape index (κ2) is 6.53. The van der Waals surface area contributed by atoms with Crippen LogP contribution < -0.4 is 10.1 Å². The molecule has 0 spiro atoms. The normalized spacial score (nSPS) is 10.8. The predicted molar refractivity (Wildman–Crippen MR) is 95.2 cm³/mol. The van der Waals surface area contributed by atoms with Crippen LogP contribution in [-0.4, -0.2) is 21.9 Å². The molecule has 0 bridgehead atoms. The fourth-order valence-corrected chi connectivity index (χ4v) is 2.80. The first kappa shape index (κ1) is 16.3. The van der Waals surface area contributed by atoms with Gasteiger partial charge in [0.1, 0.15) is 5.69 Å². The Hall–Kier alpha value is -2.53. The molecule has 0 aliphatic rings. The van der Waals surface area contributed by atoms with Gasteiger partial charge in [0.15, 0.2) is 11.4 Å². The number of halogens is 1. The molecule has 1 aromatic carbocycles. The van der Waals surface area contributed by atoms with E-state index in [-0.39, 0.29) is 5.91 Å². The highest BCUT2D eigenvalue weighted by atomic mass is 35.5. The summed E-state index contributed by atoms with van der Waals surface area (Å²) in [7, 11) is 0. The van der Waals surface area contributed by atoms with Crippen molar-refractivity contribution in [1.29, 1.82) is 0 Å². The molecule has 0 radical (unpaired) electrons. The molecule has 1 N–H and O–H groups in total. The second-order valence-corrected chi connectivity index (χ2v) is 5.82. The van der Waals surface area contributed by atoms with Crippen molar-refractivity contribution in [3.8, 4) is 5.75 Å². The van der Waals surface area contributed by atoms with Crippen LogP contribution in [0, 0.1) is 13.8 Å². The molecule has 6 heteroatoms. The smallest absolute Gasteiger partial charge is 0.274 e. The largest absolute Gasteiger partial charge is 0.490 e. The van der Waals surface area contributed by atoms with Crippen molar-refractivity contribution in [2.75, 3.05) is 11.9 Å². The van der Waals surface area contributed by atoms with Gasteiger partial charge in [0, 0.05) is 16.9 Å². The van der Waals surface area contributed by atoms with Crippen molar-refractivity contribution in [1.82, 2.24) is 9.38 Å². The molecule has 0 aliphatic heterocycles. The number of benzene rings is 1. The maximum absolute atomic E-state index is 12.8. The minimum absolute atomic E-state index is 0.237. The molecule has 0 unspecified atom stereocenters. The Morgan fingerprint density at radius 2 is 2.08 bits per heavy atom. The molecule has 3 rings (SSSR count). The summed E-state index contributed by atoms with van der Waals surface area (Å²) in [6.45, 7) is 6.12. The van der Waals surface area contributed by atoms with Crippen molar-refractivity contribution in [2.24, 2.45) is 0 Å². The minimum atomic E-state index is -0.237. The Morgan fingerprint density at radius 1 is 1.29 bits per heavy atom. The number of anilines is 1. The number of carbonyl (C=O) groups is 1. The van der Waals surface area contributed by atoms with E-state index in [4.69, 9.17) is 16.3 Å². The van der Waals surface area contributed by atoms with Crippen molar-refractivity contribution in [3.63, 3.8) is 0 Å². The molecule has 1 amide bonds. The van der Waals surface area contributed by atoms with Crippen LogP contribution >= 0.6 is 11.6 Å². The number of rotatable bonds is 4. The van der Waals surface area contributed by atoms with Crippen LogP contribution in [0.4, 0.5) is 5.69 Å². The van der Waals surface area contributed by atoms with Crippen LogP contribution in [0.2, 0.25) is 5.02 Å². The average molecular weight is 344 g/mol. The number of aryl methyl sites for hydroxylation is 1. The molecule has 2 aromatic heterocycles. The Bertz CT molecular complexity index is 918. The first-order chi connectivity index (χ1) is 11.5. The van der Waals surface area contributed by atoms with Crippen LogP contribution in [0.3, 0.4) is 0 Å². The number of pyridine rings is 1. The number of ether oxygens (including phenoxy) is 1. The first-order valence-electron chi connectivity index (χ1n) is 7.69. The molecule has 3 aromatic rings. The van der Waals surface area contributed by atoms with Gasteiger partial charge >= 0.3 is 0 Å². The van der Waals surface area contributed by atoms with E-state index >= 15 is 0 Å².